The first-order valence-corrected chi connectivity index (χ1v) is 11.1. The number of hydrogen-bond donors (Lipinski definition) is 0. The number of rotatable bonds is 6. The lowest BCUT2D eigenvalue weighted by molar-refractivity contribution is -0.124. The van der Waals surface area contributed by atoms with E-state index in [1.807, 2.05) is 18.2 Å². The van der Waals surface area contributed by atoms with Gasteiger partial charge in [-0.25, -0.2) is 0 Å². The van der Waals surface area contributed by atoms with Crippen LogP contribution in [0.5, 0.6) is 0 Å². The number of hydrogen-bond acceptors (Lipinski definition) is 2. The fourth-order valence-electron chi connectivity index (χ4n) is 5.02. The van der Waals surface area contributed by atoms with Crippen molar-refractivity contribution >= 4 is 5.78 Å². The highest BCUT2D eigenvalue weighted by Gasteiger charge is 2.44. The molecule has 0 amide bonds. The molecule has 1 aromatic rings. The van der Waals surface area contributed by atoms with Crippen LogP contribution >= 0.6 is 0 Å². The van der Waals surface area contributed by atoms with Gasteiger partial charge in [0.05, 0.1) is 0 Å². The van der Waals surface area contributed by atoms with Crippen molar-refractivity contribution in [2.45, 2.75) is 60.5 Å². The highest BCUT2D eigenvalue weighted by Crippen LogP contribution is 2.49. The summed E-state index contributed by atoms with van der Waals surface area (Å²) in [6.07, 6.45) is 10.0. The molecule has 0 bridgehead atoms. The lowest BCUT2D eigenvalue weighted by Crippen LogP contribution is -2.39. The number of ketones is 1. The highest BCUT2D eigenvalue weighted by atomic mass is 16.5. The van der Waals surface area contributed by atoms with Crippen LogP contribution in [0, 0.1) is 29.6 Å². The van der Waals surface area contributed by atoms with Crippen molar-refractivity contribution in [1.82, 2.24) is 0 Å². The number of allylic oxidation sites excluding steroid dienone is 6. The van der Waals surface area contributed by atoms with Crippen LogP contribution in [0.2, 0.25) is 0 Å². The van der Waals surface area contributed by atoms with Crippen LogP contribution in [0.4, 0.5) is 0 Å². The minimum absolute atomic E-state index is 0.0382. The van der Waals surface area contributed by atoms with Crippen LogP contribution in [-0.4, -0.2) is 5.78 Å². The first-order valence-electron chi connectivity index (χ1n) is 11.1. The minimum atomic E-state index is 0.0382. The predicted octanol–water partition coefficient (Wildman–Crippen LogP) is 6.89. The van der Waals surface area contributed by atoms with Crippen LogP contribution in [0.1, 0.15) is 59.4 Å². The van der Waals surface area contributed by atoms with E-state index in [1.54, 1.807) is 0 Å². The average Bonchev–Trinajstić information content (AvgIpc) is 2.69. The van der Waals surface area contributed by atoms with Gasteiger partial charge >= 0.3 is 0 Å². The monoisotopic (exact) mass is 392 g/mol. The fraction of sp³-hybridized carbons (Fsp3) is 0.519. The Morgan fingerprint density at radius 2 is 1.86 bits per heavy atom. The van der Waals surface area contributed by atoms with Crippen molar-refractivity contribution in [3.8, 4) is 0 Å². The number of carbonyl (C=O) groups excluding carboxylic acids is 1. The molecule has 29 heavy (non-hydrogen) atoms. The third-order valence-corrected chi connectivity index (χ3v) is 6.67. The van der Waals surface area contributed by atoms with Gasteiger partial charge < -0.3 is 4.74 Å². The Balaban J connectivity index is 1.87. The maximum absolute atomic E-state index is 13.1. The van der Waals surface area contributed by atoms with E-state index < -0.39 is 0 Å². The van der Waals surface area contributed by atoms with Gasteiger partial charge in [0.25, 0.3) is 0 Å². The molecule has 5 atom stereocenters. The predicted molar refractivity (Wildman–Crippen MR) is 120 cm³/mol. The largest absolute Gasteiger partial charge is 0.485 e. The summed E-state index contributed by atoms with van der Waals surface area (Å²) in [5, 5.41) is 0. The smallest absolute Gasteiger partial charge is 0.200 e. The molecular formula is C27H36O2. The van der Waals surface area contributed by atoms with Gasteiger partial charge in [-0.15, -0.1) is 0 Å². The zero-order valence-electron chi connectivity index (χ0n) is 18.7. The molecule has 2 aliphatic carbocycles. The molecule has 1 fully saturated rings. The summed E-state index contributed by atoms with van der Waals surface area (Å²) in [6.45, 7) is 11.4. The van der Waals surface area contributed by atoms with Crippen molar-refractivity contribution in [1.29, 1.82) is 0 Å². The maximum Gasteiger partial charge on any atom is 0.200 e. The molecule has 1 aromatic carbocycles. The lowest BCUT2D eigenvalue weighted by Gasteiger charge is -2.44. The summed E-state index contributed by atoms with van der Waals surface area (Å²) >= 11 is 0. The van der Waals surface area contributed by atoms with E-state index in [-0.39, 0.29) is 11.7 Å². The Bertz CT molecular complexity index is 795. The number of Topliss-reactive ketones (excluding diaryl/α,β-unsaturated/α-hetero) is 1. The molecule has 0 heterocycles. The van der Waals surface area contributed by atoms with E-state index >= 15 is 0 Å². The van der Waals surface area contributed by atoms with E-state index in [1.165, 1.54) is 17.6 Å². The molecule has 0 saturated heterocycles. The first kappa shape index (κ1) is 21.6. The van der Waals surface area contributed by atoms with Crippen LogP contribution in [0.25, 0.3) is 0 Å². The third-order valence-electron chi connectivity index (χ3n) is 6.67. The van der Waals surface area contributed by atoms with E-state index in [4.69, 9.17) is 4.74 Å². The Hall–Kier alpha value is -2.09. The Labute approximate surface area is 176 Å². The van der Waals surface area contributed by atoms with Gasteiger partial charge in [0.1, 0.15) is 6.61 Å². The molecule has 2 nitrogen and oxygen atoms in total. The van der Waals surface area contributed by atoms with Crippen molar-refractivity contribution < 1.29 is 9.53 Å². The summed E-state index contributed by atoms with van der Waals surface area (Å²) in [4.78, 5) is 13.1. The molecule has 0 radical (unpaired) electrons. The fourth-order valence-corrected chi connectivity index (χ4v) is 5.02. The molecule has 5 unspecified atom stereocenters. The number of ether oxygens (including phenoxy) is 1. The second-order valence-corrected chi connectivity index (χ2v) is 9.30. The number of benzene rings is 1. The van der Waals surface area contributed by atoms with Gasteiger partial charge in [-0.3, -0.25) is 4.79 Å². The SMILES string of the molecule is CC(C)=C/C=C/C(C)C1CCC(C)C2=C(OCc3ccccc3)C(=O)C(C)CC21. The van der Waals surface area contributed by atoms with Crippen molar-refractivity contribution in [2.24, 2.45) is 29.6 Å². The topological polar surface area (TPSA) is 26.3 Å². The Morgan fingerprint density at radius 1 is 1.14 bits per heavy atom. The van der Waals surface area contributed by atoms with Crippen LogP contribution in [0.15, 0.2) is 65.5 Å². The average molecular weight is 393 g/mol. The summed E-state index contributed by atoms with van der Waals surface area (Å²) in [7, 11) is 0. The van der Waals surface area contributed by atoms with Crippen LogP contribution in [0.3, 0.4) is 0 Å². The maximum atomic E-state index is 13.1. The van der Waals surface area contributed by atoms with Gasteiger partial charge in [0, 0.05) is 5.92 Å². The van der Waals surface area contributed by atoms with Gasteiger partial charge in [-0.1, -0.05) is 74.9 Å². The molecule has 0 aliphatic heterocycles. The number of fused-ring (bicyclic) bond motifs is 1. The third kappa shape index (κ3) is 5.10. The molecule has 1 saturated carbocycles. The summed E-state index contributed by atoms with van der Waals surface area (Å²) in [5.41, 5.74) is 3.73. The molecule has 156 valence electrons. The van der Waals surface area contributed by atoms with Gasteiger partial charge in [0.2, 0.25) is 0 Å². The lowest BCUT2D eigenvalue weighted by atomic mass is 9.61. The molecule has 0 N–H and O–H groups in total. The van der Waals surface area contributed by atoms with Gasteiger partial charge in [-0.2, -0.15) is 0 Å². The molecule has 0 aromatic heterocycles. The zero-order chi connectivity index (χ0) is 21.0. The molecule has 2 aliphatic rings. The van der Waals surface area contributed by atoms with Crippen molar-refractivity contribution in [3.05, 3.63) is 71.0 Å². The van der Waals surface area contributed by atoms with Gasteiger partial charge in [-0.05, 0) is 67.9 Å². The summed E-state index contributed by atoms with van der Waals surface area (Å²) in [6, 6.07) is 10.2. The Morgan fingerprint density at radius 3 is 2.55 bits per heavy atom. The van der Waals surface area contributed by atoms with E-state index in [9.17, 15) is 4.79 Å². The second-order valence-electron chi connectivity index (χ2n) is 9.30. The molecule has 2 heteroatoms. The first-order chi connectivity index (χ1) is 13.9. The standard InChI is InChI=1S/C27H36O2/c1-18(2)10-9-11-19(3)23-15-14-20(4)25-24(23)16-21(5)26(28)27(25)29-17-22-12-7-6-8-13-22/h6-13,19-21,23-24H,14-17H2,1-5H3/b11-9+. The second kappa shape index (κ2) is 9.61. The summed E-state index contributed by atoms with van der Waals surface area (Å²) < 4.78 is 6.23. The van der Waals surface area contributed by atoms with Crippen molar-refractivity contribution in [3.63, 3.8) is 0 Å². The van der Waals surface area contributed by atoms with Crippen LogP contribution < -0.4 is 0 Å². The van der Waals surface area contributed by atoms with Crippen molar-refractivity contribution in [2.75, 3.05) is 0 Å². The zero-order valence-corrected chi connectivity index (χ0v) is 18.7. The molecule has 3 rings (SSSR count). The van der Waals surface area contributed by atoms with E-state index in [0.29, 0.717) is 36.0 Å². The highest BCUT2D eigenvalue weighted by molar-refractivity contribution is 5.97. The van der Waals surface area contributed by atoms with E-state index in [0.717, 1.165) is 18.4 Å². The minimum Gasteiger partial charge on any atom is -0.485 e. The quantitative estimate of drug-likeness (QED) is 0.493. The Kier molecular flexibility index (Phi) is 7.16. The molecular weight excluding hydrogens is 356 g/mol. The summed E-state index contributed by atoms with van der Waals surface area (Å²) in [5.74, 6) is 2.86. The normalized spacial score (nSPS) is 28.2. The van der Waals surface area contributed by atoms with Crippen LogP contribution in [-0.2, 0) is 16.1 Å². The number of carbonyl (C=O) groups is 1. The molecule has 0 spiro atoms. The van der Waals surface area contributed by atoms with Gasteiger partial charge in [0.15, 0.2) is 11.5 Å². The van der Waals surface area contributed by atoms with E-state index in [2.05, 4.69) is 65.0 Å².